The first kappa shape index (κ1) is 15.3. The number of carbonyl (C=O) groups is 3. The van der Waals surface area contributed by atoms with Crippen molar-refractivity contribution >= 4 is 17.8 Å². The van der Waals surface area contributed by atoms with Crippen LogP contribution in [0.3, 0.4) is 0 Å². The fourth-order valence-corrected chi connectivity index (χ4v) is 1.08. The van der Waals surface area contributed by atoms with Crippen LogP contribution in [0.5, 0.6) is 0 Å². The van der Waals surface area contributed by atoms with E-state index >= 15 is 0 Å². The molecule has 6 N–H and O–H groups in total. The van der Waals surface area contributed by atoms with Gasteiger partial charge in [-0.15, -0.1) is 0 Å². The Labute approximate surface area is 98.3 Å². The van der Waals surface area contributed by atoms with Crippen LogP contribution in [-0.4, -0.2) is 48.7 Å². The van der Waals surface area contributed by atoms with Gasteiger partial charge in [0.05, 0.1) is 6.61 Å². The molecule has 0 aliphatic heterocycles. The monoisotopic (exact) mass is 247 g/mol. The third-order valence-corrected chi connectivity index (χ3v) is 1.98. The molecule has 8 heteroatoms. The number of rotatable bonds is 8. The predicted octanol–water partition coefficient (Wildman–Crippen LogP) is -2.20. The lowest BCUT2D eigenvalue weighted by molar-refractivity contribution is -0.142. The molecule has 2 unspecified atom stereocenters. The van der Waals surface area contributed by atoms with Gasteiger partial charge in [-0.05, 0) is 6.42 Å². The van der Waals surface area contributed by atoms with Crippen molar-refractivity contribution in [2.24, 2.45) is 11.5 Å². The van der Waals surface area contributed by atoms with Crippen molar-refractivity contribution in [3.8, 4) is 0 Å². The van der Waals surface area contributed by atoms with Gasteiger partial charge in [-0.25, -0.2) is 4.79 Å². The van der Waals surface area contributed by atoms with E-state index in [9.17, 15) is 14.4 Å². The minimum Gasteiger partial charge on any atom is -0.480 e. The predicted molar refractivity (Wildman–Crippen MR) is 57.8 cm³/mol. The Balaban J connectivity index is 4.29. The van der Waals surface area contributed by atoms with E-state index in [4.69, 9.17) is 16.6 Å². The van der Waals surface area contributed by atoms with Crippen molar-refractivity contribution in [1.82, 2.24) is 5.32 Å². The number of ether oxygens (including phenoxy) is 1. The summed E-state index contributed by atoms with van der Waals surface area (Å²) in [4.78, 5) is 32.7. The number of methoxy groups -OCH3 is 1. The number of carboxylic acid groups (broad SMARTS) is 1. The van der Waals surface area contributed by atoms with Crippen molar-refractivity contribution in [1.29, 1.82) is 0 Å². The summed E-state index contributed by atoms with van der Waals surface area (Å²) in [5.41, 5.74) is 10.3. The van der Waals surface area contributed by atoms with Gasteiger partial charge in [0.2, 0.25) is 11.8 Å². The molecule has 0 rings (SSSR count). The van der Waals surface area contributed by atoms with E-state index in [1.807, 2.05) is 0 Å². The van der Waals surface area contributed by atoms with Gasteiger partial charge in [0.15, 0.2) is 0 Å². The molecule has 0 heterocycles. The van der Waals surface area contributed by atoms with Gasteiger partial charge in [-0.1, -0.05) is 0 Å². The maximum absolute atomic E-state index is 11.4. The SMILES string of the molecule is COCC(N)C(=O)NC(CCC(N)=O)C(=O)O. The molecule has 98 valence electrons. The van der Waals surface area contributed by atoms with Crippen LogP contribution in [0.15, 0.2) is 0 Å². The third-order valence-electron chi connectivity index (χ3n) is 1.98. The molecule has 2 atom stereocenters. The van der Waals surface area contributed by atoms with Crippen molar-refractivity contribution in [2.75, 3.05) is 13.7 Å². The topological polar surface area (TPSA) is 145 Å². The van der Waals surface area contributed by atoms with Crippen LogP contribution in [0, 0.1) is 0 Å². The third kappa shape index (κ3) is 6.48. The van der Waals surface area contributed by atoms with Gasteiger partial charge in [0, 0.05) is 13.5 Å². The fraction of sp³-hybridized carbons (Fsp3) is 0.667. The second kappa shape index (κ2) is 7.58. The molecular weight excluding hydrogens is 230 g/mol. The van der Waals surface area contributed by atoms with Gasteiger partial charge in [0.25, 0.3) is 0 Å². The molecule has 0 bridgehead atoms. The standard InChI is InChI=1S/C9H17N3O5/c1-17-4-5(10)8(14)12-6(9(15)16)2-3-7(11)13/h5-6H,2-4,10H2,1H3,(H2,11,13)(H,12,14)(H,15,16). The first-order valence-corrected chi connectivity index (χ1v) is 4.94. The number of carboxylic acids is 1. The van der Waals surface area contributed by atoms with Crippen molar-refractivity contribution in [3.63, 3.8) is 0 Å². The van der Waals surface area contributed by atoms with E-state index in [0.29, 0.717) is 0 Å². The van der Waals surface area contributed by atoms with E-state index in [2.05, 4.69) is 10.1 Å². The van der Waals surface area contributed by atoms with E-state index in [1.54, 1.807) is 0 Å². The van der Waals surface area contributed by atoms with E-state index < -0.39 is 29.9 Å². The highest BCUT2D eigenvalue weighted by Crippen LogP contribution is 1.98. The Morgan fingerprint density at radius 2 is 2.00 bits per heavy atom. The van der Waals surface area contributed by atoms with Crippen LogP contribution in [0.1, 0.15) is 12.8 Å². The summed E-state index contributed by atoms with van der Waals surface area (Å²) < 4.78 is 4.66. The number of carbonyl (C=O) groups excluding carboxylic acids is 2. The van der Waals surface area contributed by atoms with Gasteiger partial charge in [-0.2, -0.15) is 0 Å². The van der Waals surface area contributed by atoms with Gasteiger partial charge < -0.3 is 26.6 Å². The summed E-state index contributed by atoms with van der Waals surface area (Å²) in [6.07, 6.45) is -0.202. The van der Waals surface area contributed by atoms with Crippen molar-refractivity contribution in [2.45, 2.75) is 24.9 Å². The first-order chi connectivity index (χ1) is 7.88. The number of hydrogen-bond acceptors (Lipinski definition) is 5. The lowest BCUT2D eigenvalue weighted by atomic mass is 10.1. The molecule has 0 fully saturated rings. The Hall–Kier alpha value is -1.67. The summed E-state index contributed by atoms with van der Waals surface area (Å²) in [7, 11) is 1.37. The largest absolute Gasteiger partial charge is 0.480 e. The molecule has 17 heavy (non-hydrogen) atoms. The summed E-state index contributed by atoms with van der Waals surface area (Å²) in [5, 5.41) is 11.0. The minimum atomic E-state index is -1.25. The van der Waals surface area contributed by atoms with Gasteiger partial charge >= 0.3 is 5.97 Å². The van der Waals surface area contributed by atoms with Gasteiger partial charge in [-0.3, -0.25) is 9.59 Å². The van der Waals surface area contributed by atoms with E-state index in [-0.39, 0.29) is 19.4 Å². The summed E-state index contributed by atoms with van der Waals surface area (Å²) in [6.45, 7) is -0.0198. The van der Waals surface area contributed by atoms with Crippen LogP contribution in [0.4, 0.5) is 0 Å². The Kier molecular flexibility index (Phi) is 6.83. The Morgan fingerprint density at radius 3 is 2.41 bits per heavy atom. The normalized spacial score (nSPS) is 13.8. The number of nitrogens with two attached hydrogens (primary N) is 2. The zero-order chi connectivity index (χ0) is 13.4. The summed E-state index contributed by atoms with van der Waals surface area (Å²) in [6, 6.07) is -2.13. The van der Waals surface area contributed by atoms with Crippen LogP contribution >= 0.6 is 0 Å². The molecule has 0 saturated carbocycles. The summed E-state index contributed by atoms with van der Waals surface area (Å²) >= 11 is 0. The van der Waals surface area contributed by atoms with E-state index in [0.717, 1.165) is 0 Å². The molecule has 2 amide bonds. The molecule has 0 radical (unpaired) electrons. The molecule has 0 aliphatic carbocycles. The van der Waals surface area contributed by atoms with Crippen molar-refractivity contribution in [3.05, 3.63) is 0 Å². The minimum absolute atomic E-state index is 0.0198. The maximum atomic E-state index is 11.4. The number of primary amides is 1. The number of aliphatic carboxylic acids is 1. The summed E-state index contributed by atoms with van der Waals surface area (Å²) in [5.74, 6) is -2.53. The second-order valence-corrected chi connectivity index (χ2v) is 3.47. The molecule has 0 aromatic carbocycles. The molecule has 0 spiro atoms. The zero-order valence-electron chi connectivity index (χ0n) is 9.51. The smallest absolute Gasteiger partial charge is 0.326 e. The number of amides is 2. The number of hydrogen-bond donors (Lipinski definition) is 4. The Bertz CT molecular complexity index is 294. The molecule has 0 aromatic heterocycles. The van der Waals surface area contributed by atoms with Crippen LogP contribution in [0.25, 0.3) is 0 Å². The average Bonchev–Trinajstić information content (AvgIpc) is 2.23. The zero-order valence-corrected chi connectivity index (χ0v) is 9.51. The second-order valence-electron chi connectivity index (χ2n) is 3.47. The van der Waals surface area contributed by atoms with E-state index in [1.165, 1.54) is 7.11 Å². The van der Waals surface area contributed by atoms with Gasteiger partial charge in [0.1, 0.15) is 12.1 Å². The highest BCUT2D eigenvalue weighted by atomic mass is 16.5. The molecular formula is C9H17N3O5. The Morgan fingerprint density at radius 1 is 1.41 bits per heavy atom. The maximum Gasteiger partial charge on any atom is 0.326 e. The quantitative estimate of drug-likeness (QED) is 0.383. The lowest BCUT2D eigenvalue weighted by Gasteiger charge is -2.16. The highest BCUT2D eigenvalue weighted by molar-refractivity contribution is 5.87. The van der Waals surface area contributed by atoms with Crippen LogP contribution in [0.2, 0.25) is 0 Å². The van der Waals surface area contributed by atoms with Crippen LogP contribution < -0.4 is 16.8 Å². The first-order valence-electron chi connectivity index (χ1n) is 4.94. The lowest BCUT2D eigenvalue weighted by Crippen LogP contribution is -2.50. The molecule has 8 nitrogen and oxygen atoms in total. The molecule has 0 saturated heterocycles. The fourth-order valence-electron chi connectivity index (χ4n) is 1.08. The molecule has 0 aliphatic rings. The highest BCUT2D eigenvalue weighted by Gasteiger charge is 2.23. The number of nitrogens with one attached hydrogen (secondary N) is 1. The average molecular weight is 247 g/mol. The van der Waals surface area contributed by atoms with Crippen LogP contribution in [-0.2, 0) is 19.1 Å². The molecule has 0 aromatic rings. The van der Waals surface area contributed by atoms with Crippen molar-refractivity contribution < 1.29 is 24.2 Å².